The second-order valence-corrected chi connectivity index (χ2v) is 6.82. The van der Waals surface area contributed by atoms with E-state index in [-0.39, 0.29) is 30.5 Å². The molecule has 0 bridgehead atoms. The van der Waals surface area contributed by atoms with Gasteiger partial charge in [-0.25, -0.2) is 0 Å². The molecule has 0 radical (unpaired) electrons. The number of hydrogen-bond acceptors (Lipinski definition) is 5. The van der Waals surface area contributed by atoms with Crippen LogP contribution in [0, 0.1) is 11.8 Å². The van der Waals surface area contributed by atoms with Gasteiger partial charge in [0, 0.05) is 23.9 Å². The van der Waals surface area contributed by atoms with Crippen molar-refractivity contribution in [1.82, 2.24) is 5.32 Å². The Hall–Kier alpha value is -1.34. The van der Waals surface area contributed by atoms with Crippen molar-refractivity contribution in [3.63, 3.8) is 0 Å². The number of nitrogens with one attached hydrogen (secondary N) is 1. The summed E-state index contributed by atoms with van der Waals surface area (Å²) >= 11 is 5.86. The van der Waals surface area contributed by atoms with Crippen molar-refractivity contribution in [3.8, 4) is 5.75 Å². The largest absolute Gasteiger partial charge is 0.484 e. The van der Waals surface area contributed by atoms with E-state index in [1.807, 2.05) is 0 Å². The van der Waals surface area contributed by atoms with E-state index in [1.54, 1.807) is 24.3 Å². The van der Waals surface area contributed by atoms with Crippen molar-refractivity contribution in [2.45, 2.75) is 37.8 Å². The summed E-state index contributed by atoms with van der Waals surface area (Å²) in [5.74, 6) is 0.394. The number of carbonyl (C=O) groups is 1. The Labute approximate surface area is 145 Å². The number of benzene rings is 1. The fourth-order valence-electron chi connectivity index (χ4n) is 3.59. The Morgan fingerprint density at radius 3 is 3.00 bits per heavy atom. The third-order valence-corrected chi connectivity index (χ3v) is 5.01. The molecule has 1 aliphatic carbocycles. The average molecular weight is 356 g/mol. The van der Waals surface area contributed by atoms with Crippen LogP contribution in [0.3, 0.4) is 0 Å². The van der Waals surface area contributed by atoms with Gasteiger partial charge in [-0.3, -0.25) is 4.79 Å². The molecule has 1 heterocycles. The summed E-state index contributed by atoms with van der Waals surface area (Å²) in [5, 5.41) is 23.1. The first kappa shape index (κ1) is 17.5. The molecule has 7 heteroatoms. The van der Waals surface area contributed by atoms with Gasteiger partial charge in [-0.1, -0.05) is 17.7 Å². The average Bonchev–Trinajstić information content (AvgIpc) is 2.85. The number of aliphatic hydroxyl groups excluding tert-OH is 2. The minimum atomic E-state index is -0.738. The van der Waals surface area contributed by atoms with E-state index < -0.39 is 12.4 Å². The predicted molar refractivity (Wildman–Crippen MR) is 87.7 cm³/mol. The van der Waals surface area contributed by atoms with Crippen molar-refractivity contribution in [2.75, 3.05) is 13.2 Å². The zero-order valence-corrected chi connectivity index (χ0v) is 14.0. The Bertz CT molecular complexity index is 584. The maximum absolute atomic E-state index is 12.0. The first-order valence-electron chi connectivity index (χ1n) is 8.19. The van der Waals surface area contributed by atoms with Crippen molar-refractivity contribution in [3.05, 3.63) is 29.3 Å². The summed E-state index contributed by atoms with van der Waals surface area (Å²) < 4.78 is 10.9. The van der Waals surface area contributed by atoms with Crippen LogP contribution in [-0.2, 0) is 9.53 Å². The number of aliphatic hydroxyl groups is 2. The molecule has 1 unspecified atom stereocenters. The molecule has 24 heavy (non-hydrogen) atoms. The lowest BCUT2D eigenvalue weighted by atomic mass is 9.87. The van der Waals surface area contributed by atoms with Gasteiger partial charge in [0.05, 0.1) is 12.2 Å². The van der Waals surface area contributed by atoms with E-state index in [0.717, 1.165) is 6.42 Å². The number of fused-ring (bicyclic) bond motifs is 1. The molecule has 1 amide bonds. The highest BCUT2D eigenvalue weighted by atomic mass is 35.5. The molecule has 132 valence electrons. The lowest BCUT2D eigenvalue weighted by Gasteiger charge is -2.32. The van der Waals surface area contributed by atoms with Crippen molar-refractivity contribution >= 4 is 17.5 Å². The summed E-state index contributed by atoms with van der Waals surface area (Å²) in [6.07, 6.45) is 0.464. The molecular weight excluding hydrogens is 334 g/mol. The van der Waals surface area contributed by atoms with E-state index in [9.17, 15) is 15.0 Å². The van der Waals surface area contributed by atoms with Crippen LogP contribution in [-0.4, -0.2) is 47.8 Å². The molecule has 1 aliphatic heterocycles. The molecule has 0 aromatic heterocycles. The second kappa shape index (κ2) is 7.70. The number of rotatable bonds is 5. The number of ether oxygens (including phenoxy) is 2. The van der Waals surface area contributed by atoms with E-state index in [2.05, 4.69) is 5.32 Å². The lowest BCUT2D eigenvalue weighted by molar-refractivity contribution is -0.178. The minimum Gasteiger partial charge on any atom is -0.484 e. The van der Waals surface area contributed by atoms with Gasteiger partial charge in [-0.15, -0.1) is 0 Å². The second-order valence-electron chi connectivity index (χ2n) is 6.39. The highest BCUT2D eigenvalue weighted by Crippen LogP contribution is 2.41. The number of carbonyl (C=O) groups excluding carboxylic acids is 1. The van der Waals surface area contributed by atoms with Gasteiger partial charge in [0.2, 0.25) is 0 Å². The van der Waals surface area contributed by atoms with Crippen LogP contribution in [0.2, 0.25) is 5.02 Å². The van der Waals surface area contributed by atoms with Crippen LogP contribution in [0.15, 0.2) is 24.3 Å². The molecule has 2 fully saturated rings. The molecule has 1 saturated carbocycles. The normalized spacial score (nSPS) is 32.2. The maximum atomic E-state index is 12.0. The first-order valence-corrected chi connectivity index (χ1v) is 8.57. The number of amides is 1. The molecule has 6 nitrogen and oxygen atoms in total. The van der Waals surface area contributed by atoms with Gasteiger partial charge < -0.3 is 25.0 Å². The molecule has 1 aromatic rings. The van der Waals surface area contributed by atoms with Crippen LogP contribution in [0.1, 0.15) is 19.3 Å². The summed E-state index contributed by atoms with van der Waals surface area (Å²) in [7, 11) is 0. The SMILES string of the molecule is O=C(COc1cccc(Cl)c1)NC[C@@H]1[C@H]2CCC(O)O[C@H]2C[C@H]1O. The van der Waals surface area contributed by atoms with E-state index in [4.69, 9.17) is 21.1 Å². The Balaban J connectivity index is 1.45. The Morgan fingerprint density at radius 2 is 2.21 bits per heavy atom. The summed E-state index contributed by atoms with van der Waals surface area (Å²) in [5.41, 5.74) is 0. The molecule has 1 aromatic carbocycles. The van der Waals surface area contributed by atoms with Gasteiger partial charge in [-0.05, 0) is 37.0 Å². The van der Waals surface area contributed by atoms with Crippen molar-refractivity contribution in [2.24, 2.45) is 11.8 Å². The fourth-order valence-corrected chi connectivity index (χ4v) is 3.77. The number of hydrogen-bond donors (Lipinski definition) is 3. The monoisotopic (exact) mass is 355 g/mol. The van der Waals surface area contributed by atoms with Gasteiger partial charge in [0.15, 0.2) is 12.9 Å². The Kier molecular flexibility index (Phi) is 5.61. The van der Waals surface area contributed by atoms with Crippen LogP contribution in [0.4, 0.5) is 0 Å². The molecule has 1 saturated heterocycles. The van der Waals surface area contributed by atoms with Crippen molar-refractivity contribution < 1.29 is 24.5 Å². The molecule has 0 spiro atoms. The third-order valence-electron chi connectivity index (χ3n) is 4.78. The van der Waals surface area contributed by atoms with Crippen LogP contribution >= 0.6 is 11.6 Å². The van der Waals surface area contributed by atoms with Gasteiger partial charge >= 0.3 is 0 Å². The molecular formula is C17H22ClNO5. The smallest absolute Gasteiger partial charge is 0.257 e. The molecule has 3 N–H and O–H groups in total. The van der Waals surface area contributed by atoms with Gasteiger partial charge in [-0.2, -0.15) is 0 Å². The topological polar surface area (TPSA) is 88.0 Å². The molecule has 5 atom stereocenters. The minimum absolute atomic E-state index is 0.0578. The van der Waals surface area contributed by atoms with Crippen LogP contribution < -0.4 is 10.1 Å². The van der Waals surface area contributed by atoms with Gasteiger partial charge in [0.25, 0.3) is 5.91 Å². The standard InChI is InChI=1S/C17H22ClNO5/c18-10-2-1-3-11(6-10)23-9-16(21)19-8-13-12-4-5-17(22)24-15(12)7-14(13)20/h1-3,6,12-15,17,20,22H,4-5,7-9H2,(H,19,21)/t12-,13-,14-,15+,17?/m1/s1. The molecule has 2 aliphatic rings. The first-order chi connectivity index (χ1) is 11.5. The summed E-state index contributed by atoms with van der Waals surface area (Å²) in [6.45, 7) is 0.270. The lowest BCUT2D eigenvalue weighted by Crippen LogP contribution is -2.40. The third kappa shape index (κ3) is 4.19. The summed E-state index contributed by atoms with van der Waals surface area (Å²) in [6, 6.07) is 6.86. The zero-order valence-electron chi connectivity index (χ0n) is 13.2. The zero-order chi connectivity index (χ0) is 17.1. The molecule has 3 rings (SSSR count). The number of halogens is 1. The summed E-state index contributed by atoms with van der Waals surface area (Å²) in [4.78, 5) is 12.0. The highest BCUT2D eigenvalue weighted by Gasteiger charge is 2.45. The quantitative estimate of drug-likeness (QED) is 0.741. The fraction of sp³-hybridized carbons (Fsp3) is 0.588. The van der Waals surface area contributed by atoms with Crippen LogP contribution in [0.5, 0.6) is 5.75 Å². The van der Waals surface area contributed by atoms with E-state index in [1.165, 1.54) is 0 Å². The van der Waals surface area contributed by atoms with Gasteiger partial charge in [0.1, 0.15) is 5.75 Å². The van der Waals surface area contributed by atoms with E-state index in [0.29, 0.717) is 30.2 Å². The maximum Gasteiger partial charge on any atom is 0.257 e. The Morgan fingerprint density at radius 1 is 1.38 bits per heavy atom. The predicted octanol–water partition coefficient (Wildman–Crippen LogP) is 1.33. The van der Waals surface area contributed by atoms with Crippen LogP contribution in [0.25, 0.3) is 0 Å². The highest BCUT2D eigenvalue weighted by molar-refractivity contribution is 6.30. The van der Waals surface area contributed by atoms with Crippen molar-refractivity contribution in [1.29, 1.82) is 0 Å². The van der Waals surface area contributed by atoms with E-state index >= 15 is 0 Å².